The van der Waals surface area contributed by atoms with Crippen molar-refractivity contribution in [3.8, 4) is 0 Å². The van der Waals surface area contributed by atoms with Crippen molar-refractivity contribution < 1.29 is 9.18 Å². The van der Waals surface area contributed by atoms with Crippen LogP contribution in [-0.4, -0.2) is 39.5 Å². The Kier molecular flexibility index (Phi) is 5.13. The molecule has 4 rings (SSSR count). The third-order valence-electron chi connectivity index (χ3n) is 5.74. The minimum absolute atomic E-state index is 0.0335. The Morgan fingerprint density at radius 2 is 1.68 bits per heavy atom. The van der Waals surface area contributed by atoms with Crippen molar-refractivity contribution in [1.29, 1.82) is 0 Å². The van der Waals surface area contributed by atoms with Crippen LogP contribution >= 0.6 is 0 Å². The Bertz CT molecular complexity index is 1040. The second-order valence-electron chi connectivity index (χ2n) is 7.45. The second kappa shape index (κ2) is 7.72. The molecule has 0 amide bonds. The molecule has 5 nitrogen and oxygen atoms in total. The fourth-order valence-electron chi connectivity index (χ4n) is 4.11. The van der Waals surface area contributed by atoms with Crippen LogP contribution in [0.4, 0.5) is 4.39 Å². The molecule has 0 radical (unpaired) electrons. The third-order valence-corrected chi connectivity index (χ3v) is 5.74. The summed E-state index contributed by atoms with van der Waals surface area (Å²) in [6.45, 7) is 2.40. The van der Waals surface area contributed by atoms with Crippen molar-refractivity contribution >= 4 is 16.8 Å². The predicted molar refractivity (Wildman–Crippen MR) is 107 cm³/mol. The Labute approximate surface area is 163 Å². The number of carbonyl (C=O) groups excluding carboxylic acids is 1. The summed E-state index contributed by atoms with van der Waals surface area (Å²) in [4.78, 5) is 27.3. The number of aromatic nitrogens is 2. The average molecular weight is 381 g/mol. The Balaban J connectivity index is 1.38. The number of aryl methyl sites for hydroxylation is 1. The highest BCUT2D eigenvalue weighted by Gasteiger charge is 2.24. The minimum atomic E-state index is -0.331. The first kappa shape index (κ1) is 18.6. The van der Waals surface area contributed by atoms with Gasteiger partial charge in [-0.05, 0) is 49.2 Å². The van der Waals surface area contributed by atoms with Gasteiger partial charge in [0.25, 0.3) is 0 Å². The number of imidazole rings is 1. The monoisotopic (exact) mass is 381 g/mol. The van der Waals surface area contributed by atoms with Gasteiger partial charge in [0, 0.05) is 44.7 Å². The standard InChI is InChI=1S/C22H24FN3O2/c1-24-19-4-2-3-5-20(19)26(22(24)28)18-10-13-25(14-11-18)15-12-21(27)16-6-8-17(23)9-7-16/h2-9,18H,10-15H2,1H3. The molecule has 0 aliphatic carbocycles. The topological polar surface area (TPSA) is 47.2 Å². The summed E-state index contributed by atoms with van der Waals surface area (Å²) in [5.41, 5.74) is 2.53. The van der Waals surface area contributed by atoms with Gasteiger partial charge in [0.15, 0.2) is 5.78 Å². The fourth-order valence-corrected chi connectivity index (χ4v) is 4.11. The van der Waals surface area contributed by atoms with Crippen molar-refractivity contribution in [2.75, 3.05) is 19.6 Å². The van der Waals surface area contributed by atoms with Crippen LogP contribution in [0, 0.1) is 5.82 Å². The Hall–Kier alpha value is -2.73. The lowest BCUT2D eigenvalue weighted by Gasteiger charge is -2.32. The molecule has 0 N–H and O–H groups in total. The number of rotatable bonds is 5. The summed E-state index contributed by atoms with van der Waals surface area (Å²) < 4.78 is 16.6. The van der Waals surface area contributed by atoms with Crippen LogP contribution in [0.3, 0.4) is 0 Å². The minimum Gasteiger partial charge on any atom is -0.303 e. The summed E-state index contributed by atoms with van der Waals surface area (Å²) in [7, 11) is 1.82. The van der Waals surface area contributed by atoms with Gasteiger partial charge in [0.2, 0.25) is 0 Å². The highest BCUT2D eigenvalue weighted by Crippen LogP contribution is 2.25. The molecule has 6 heteroatoms. The van der Waals surface area contributed by atoms with Gasteiger partial charge in [-0.3, -0.25) is 13.9 Å². The van der Waals surface area contributed by atoms with Crippen molar-refractivity contribution in [3.63, 3.8) is 0 Å². The molecule has 1 saturated heterocycles. The van der Waals surface area contributed by atoms with E-state index in [4.69, 9.17) is 0 Å². The summed E-state index contributed by atoms with van der Waals surface area (Å²) in [6.07, 6.45) is 2.20. The van der Waals surface area contributed by atoms with E-state index >= 15 is 0 Å². The maximum atomic E-state index is 13.0. The normalized spacial score (nSPS) is 15.9. The molecule has 146 valence electrons. The quantitative estimate of drug-likeness (QED) is 0.637. The number of benzene rings is 2. The Morgan fingerprint density at radius 1 is 1.04 bits per heavy atom. The molecule has 1 fully saturated rings. The first-order valence-electron chi connectivity index (χ1n) is 9.71. The highest BCUT2D eigenvalue weighted by atomic mass is 19.1. The molecule has 0 saturated carbocycles. The third kappa shape index (κ3) is 3.52. The summed E-state index contributed by atoms with van der Waals surface area (Å²) in [5.74, 6) is -0.297. The molecule has 3 aromatic rings. The number of nitrogens with zero attached hydrogens (tertiary/aromatic N) is 3. The zero-order valence-corrected chi connectivity index (χ0v) is 16.0. The second-order valence-corrected chi connectivity index (χ2v) is 7.45. The van der Waals surface area contributed by atoms with Gasteiger partial charge in [-0.2, -0.15) is 0 Å². The van der Waals surface area contributed by atoms with E-state index in [0.29, 0.717) is 18.5 Å². The lowest BCUT2D eigenvalue weighted by molar-refractivity contribution is 0.0952. The summed E-state index contributed by atoms with van der Waals surface area (Å²) in [5, 5.41) is 0. The molecular formula is C22H24FN3O2. The molecular weight excluding hydrogens is 357 g/mol. The predicted octanol–water partition coefficient (Wildman–Crippen LogP) is 3.39. The zero-order valence-electron chi connectivity index (χ0n) is 16.0. The fraction of sp³-hybridized carbons (Fsp3) is 0.364. The Morgan fingerprint density at radius 3 is 2.36 bits per heavy atom. The van der Waals surface area contributed by atoms with Gasteiger partial charge in [-0.15, -0.1) is 0 Å². The number of halogens is 1. The van der Waals surface area contributed by atoms with E-state index in [0.717, 1.165) is 37.0 Å². The van der Waals surface area contributed by atoms with Crippen LogP contribution < -0.4 is 5.69 Å². The van der Waals surface area contributed by atoms with Crippen molar-refractivity contribution in [2.24, 2.45) is 7.05 Å². The average Bonchev–Trinajstić information content (AvgIpc) is 2.98. The van der Waals surface area contributed by atoms with E-state index in [9.17, 15) is 14.0 Å². The molecule has 0 atom stereocenters. The first-order chi connectivity index (χ1) is 13.5. The van der Waals surface area contributed by atoms with Crippen LogP contribution in [-0.2, 0) is 7.05 Å². The summed E-state index contributed by atoms with van der Waals surface area (Å²) >= 11 is 0. The van der Waals surface area contributed by atoms with E-state index in [-0.39, 0.29) is 23.3 Å². The number of hydrogen-bond donors (Lipinski definition) is 0. The van der Waals surface area contributed by atoms with Gasteiger partial charge >= 0.3 is 5.69 Å². The number of para-hydroxylation sites is 2. The van der Waals surface area contributed by atoms with Crippen LogP contribution in [0.1, 0.15) is 35.7 Å². The van der Waals surface area contributed by atoms with Crippen molar-refractivity contribution in [1.82, 2.24) is 14.0 Å². The number of carbonyl (C=O) groups is 1. The molecule has 0 unspecified atom stereocenters. The van der Waals surface area contributed by atoms with Gasteiger partial charge in [-0.25, -0.2) is 9.18 Å². The van der Waals surface area contributed by atoms with Gasteiger partial charge < -0.3 is 4.90 Å². The molecule has 1 aliphatic heterocycles. The van der Waals surface area contributed by atoms with E-state index in [1.165, 1.54) is 24.3 Å². The van der Waals surface area contributed by atoms with Gasteiger partial charge in [-0.1, -0.05) is 12.1 Å². The maximum absolute atomic E-state index is 13.0. The number of likely N-dealkylation sites (tertiary alicyclic amines) is 1. The lowest BCUT2D eigenvalue weighted by Crippen LogP contribution is -2.38. The lowest BCUT2D eigenvalue weighted by atomic mass is 10.0. The number of Topliss-reactive ketones (excluding diaryl/α,β-unsaturated/α-hetero) is 1. The molecule has 0 spiro atoms. The van der Waals surface area contributed by atoms with E-state index in [2.05, 4.69) is 4.90 Å². The number of ketones is 1. The number of piperidine rings is 1. The molecule has 28 heavy (non-hydrogen) atoms. The van der Waals surface area contributed by atoms with Crippen LogP contribution in [0.25, 0.3) is 11.0 Å². The zero-order chi connectivity index (χ0) is 19.7. The highest BCUT2D eigenvalue weighted by molar-refractivity contribution is 5.96. The molecule has 2 aromatic carbocycles. The van der Waals surface area contributed by atoms with Gasteiger partial charge in [0.05, 0.1) is 11.0 Å². The molecule has 1 aliphatic rings. The first-order valence-corrected chi connectivity index (χ1v) is 9.71. The molecule has 1 aromatic heterocycles. The summed E-state index contributed by atoms with van der Waals surface area (Å²) in [6, 6.07) is 13.8. The van der Waals surface area contributed by atoms with Crippen molar-refractivity contribution in [2.45, 2.75) is 25.3 Å². The SMILES string of the molecule is Cn1c(=O)n(C2CCN(CCC(=O)c3ccc(F)cc3)CC2)c2ccccc21. The van der Waals surface area contributed by atoms with Crippen LogP contribution in [0.2, 0.25) is 0 Å². The van der Waals surface area contributed by atoms with Crippen LogP contribution in [0.5, 0.6) is 0 Å². The molecule has 2 heterocycles. The number of fused-ring (bicyclic) bond motifs is 1. The van der Waals surface area contributed by atoms with Gasteiger partial charge in [0.1, 0.15) is 5.82 Å². The van der Waals surface area contributed by atoms with E-state index in [1.807, 2.05) is 35.9 Å². The van der Waals surface area contributed by atoms with Crippen LogP contribution in [0.15, 0.2) is 53.3 Å². The smallest absolute Gasteiger partial charge is 0.303 e. The van der Waals surface area contributed by atoms with E-state index in [1.54, 1.807) is 4.57 Å². The maximum Gasteiger partial charge on any atom is 0.329 e. The van der Waals surface area contributed by atoms with Crippen molar-refractivity contribution in [3.05, 3.63) is 70.4 Å². The van der Waals surface area contributed by atoms with E-state index < -0.39 is 0 Å². The molecule has 0 bridgehead atoms. The largest absolute Gasteiger partial charge is 0.329 e. The number of hydrogen-bond acceptors (Lipinski definition) is 3.